The van der Waals surface area contributed by atoms with Crippen LogP contribution < -0.4 is 15.4 Å². The van der Waals surface area contributed by atoms with E-state index in [2.05, 4.69) is 15.5 Å². The van der Waals surface area contributed by atoms with Gasteiger partial charge in [0.2, 0.25) is 5.91 Å². The molecule has 0 radical (unpaired) electrons. The third-order valence-corrected chi connectivity index (χ3v) is 3.79. The zero-order valence-electron chi connectivity index (χ0n) is 12.3. The fourth-order valence-corrected chi connectivity index (χ4v) is 2.60. The highest BCUT2D eigenvalue weighted by Gasteiger charge is 2.11. The van der Waals surface area contributed by atoms with Crippen molar-refractivity contribution < 1.29 is 9.53 Å². The van der Waals surface area contributed by atoms with E-state index in [9.17, 15) is 4.79 Å². The summed E-state index contributed by atoms with van der Waals surface area (Å²) in [5.41, 5.74) is 0.810. The molecule has 21 heavy (non-hydrogen) atoms. The van der Waals surface area contributed by atoms with Gasteiger partial charge in [0.05, 0.1) is 13.5 Å². The van der Waals surface area contributed by atoms with Gasteiger partial charge in [0, 0.05) is 49.9 Å². The number of nitrogens with one attached hydrogen (secondary N) is 2. The SMILES string of the molecule is COc1ccc(Cl)cc1CC(=O)NCCN1CCNCC1. The molecule has 2 rings (SSSR count). The predicted octanol–water partition coefficient (Wildman–Crippen LogP) is 0.912. The molecule has 0 spiro atoms. The van der Waals surface area contributed by atoms with Crippen molar-refractivity contribution in [3.05, 3.63) is 28.8 Å². The van der Waals surface area contributed by atoms with Crippen LogP contribution in [0.5, 0.6) is 5.75 Å². The van der Waals surface area contributed by atoms with E-state index >= 15 is 0 Å². The van der Waals surface area contributed by atoms with E-state index in [1.165, 1.54) is 0 Å². The molecule has 0 saturated carbocycles. The molecule has 0 aromatic heterocycles. The van der Waals surface area contributed by atoms with Crippen molar-refractivity contribution in [1.29, 1.82) is 0 Å². The van der Waals surface area contributed by atoms with E-state index in [0.29, 0.717) is 17.3 Å². The maximum absolute atomic E-state index is 12.0. The van der Waals surface area contributed by atoms with Crippen molar-refractivity contribution in [1.82, 2.24) is 15.5 Å². The molecule has 1 saturated heterocycles. The number of hydrogen-bond donors (Lipinski definition) is 2. The van der Waals surface area contributed by atoms with Crippen LogP contribution in [0, 0.1) is 0 Å². The quantitative estimate of drug-likeness (QED) is 0.820. The second-order valence-corrected chi connectivity index (χ2v) is 5.51. The number of rotatable bonds is 6. The standard InChI is InChI=1S/C15H22ClN3O2/c1-21-14-3-2-13(16)10-12(14)11-15(20)18-6-9-19-7-4-17-5-8-19/h2-3,10,17H,4-9,11H2,1H3,(H,18,20). The molecule has 0 unspecified atom stereocenters. The number of benzene rings is 1. The van der Waals surface area contributed by atoms with Crippen LogP contribution in [0.2, 0.25) is 5.02 Å². The highest BCUT2D eigenvalue weighted by atomic mass is 35.5. The van der Waals surface area contributed by atoms with Crippen LogP contribution in [-0.2, 0) is 11.2 Å². The number of carbonyl (C=O) groups excluding carboxylic acids is 1. The zero-order chi connectivity index (χ0) is 15.1. The third-order valence-electron chi connectivity index (χ3n) is 3.55. The number of carbonyl (C=O) groups is 1. The smallest absolute Gasteiger partial charge is 0.224 e. The van der Waals surface area contributed by atoms with Crippen LogP contribution in [0.3, 0.4) is 0 Å². The van der Waals surface area contributed by atoms with Gasteiger partial charge in [-0.3, -0.25) is 9.69 Å². The molecule has 1 heterocycles. The van der Waals surface area contributed by atoms with Crippen LogP contribution in [0.4, 0.5) is 0 Å². The number of hydrogen-bond acceptors (Lipinski definition) is 4. The maximum atomic E-state index is 12.0. The summed E-state index contributed by atoms with van der Waals surface area (Å²) in [5, 5.41) is 6.87. The van der Waals surface area contributed by atoms with Gasteiger partial charge in [0.1, 0.15) is 5.75 Å². The minimum absolute atomic E-state index is 0.00861. The number of amides is 1. The van der Waals surface area contributed by atoms with Gasteiger partial charge < -0.3 is 15.4 Å². The summed E-state index contributed by atoms with van der Waals surface area (Å²) in [6.45, 7) is 5.68. The molecule has 0 atom stereocenters. The van der Waals surface area contributed by atoms with Crippen molar-refractivity contribution in [2.75, 3.05) is 46.4 Å². The van der Waals surface area contributed by atoms with Gasteiger partial charge >= 0.3 is 0 Å². The van der Waals surface area contributed by atoms with Crippen LogP contribution in [-0.4, -0.2) is 57.2 Å². The van der Waals surface area contributed by atoms with Crippen molar-refractivity contribution in [3.8, 4) is 5.75 Å². The zero-order valence-corrected chi connectivity index (χ0v) is 13.1. The van der Waals surface area contributed by atoms with Gasteiger partial charge in [0.25, 0.3) is 0 Å². The number of methoxy groups -OCH3 is 1. The molecule has 1 amide bonds. The lowest BCUT2D eigenvalue weighted by Gasteiger charge is -2.27. The van der Waals surface area contributed by atoms with Gasteiger partial charge in [-0.2, -0.15) is 0 Å². The van der Waals surface area contributed by atoms with Crippen LogP contribution in [0.1, 0.15) is 5.56 Å². The van der Waals surface area contributed by atoms with Crippen LogP contribution in [0.25, 0.3) is 0 Å². The summed E-state index contributed by atoms with van der Waals surface area (Å²) in [7, 11) is 1.59. The Morgan fingerprint density at radius 3 is 2.90 bits per heavy atom. The molecular weight excluding hydrogens is 290 g/mol. The van der Waals surface area contributed by atoms with E-state index in [1.807, 2.05) is 0 Å². The Balaban J connectivity index is 1.77. The van der Waals surface area contributed by atoms with E-state index in [-0.39, 0.29) is 12.3 Å². The lowest BCUT2D eigenvalue weighted by Crippen LogP contribution is -2.46. The Morgan fingerprint density at radius 1 is 1.43 bits per heavy atom. The molecule has 0 aliphatic carbocycles. The fraction of sp³-hybridized carbons (Fsp3) is 0.533. The summed E-state index contributed by atoms with van der Waals surface area (Å²) >= 11 is 5.96. The number of nitrogens with zero attached hydrogens (tertiary/aromatic N) is 1. The summed E-state index contributed by atoms with van der Waals surface area (Å²) < 4.78 is 5.25. The van der Waals surface area contributed by atoms with E-state index in [4.69, 9.17) is 16.3 Å². The highest BCUT2D eigenvalue weighted by Crippen LogP contribution is 2.22. The lowest BCUT2D eigenvalue weighted by molar-refractivity contribution is -0.120. The first-order valence-electron chi connectivity index (χ1n) is 7.21. The minimum atomic E-state index is -0.00861. The van der Waals surface area contributed by atoms with Gasteiger partial charge in [-0.15, -0.1) is 0 Å². The Hall–Kier alpha value is -1.30. The van der Waals surface area contributed by atoms with E-state index < -0.39 is 0 Å². The number of ether oxygens (including phenoxy) is 1. The molecule has 116 valence electrons. The van der Waals surface area contributed by atoms with Gasteiger partial charge in [0.15, 0.2) is 0 Å². The molecule has 6 heteroatoms. The van der Waals surface area contributed by atoms with Gasteiger partial charge in [-0.05, 0) is 18.2 Å². The topological polar surface area (TPSA) is 53.6 Å². The number of halogens is 1. The first kappa shape index (κ1) is 16.1. The Bertz CT molecular complexity index is 476. The molecule has 1 fully saturated rings. The minimum Gasteiger partial charge on any atom is -0.496 e. The number of piperazine rings is 1. The van der Waals surface area contributed by atoms with Crippen LogP contribution in [0.15, 0.2) is 18.2 Å². The lowest BCUT2D eigenvalue weighted by atomic mass is 10.1. The first-order chi connectivity index (χ1) is 10.2. The van der Waals surface area contributed by atoms with E-state index in [1.54, 1.807) is 25.3 Å². The largest absolute Gasteiger partial charge is 0.496 e. The van der Waals surface area contributed by atoms with Gasteiger partial charge in [-0.1, -0.05) is 11.6 Å². The molecule has 5 nitrogen and oxygen atoms in total. The summed E-state index contributed by atoms with van der Waals surface area (Å²) in [5.74, 6) is 0.683. The normalized spacial score (nSPS) is 15.7. The Labute approximate surface area is 130 Å². The first-order valence-corrected chi connectivity index (χ1v) is 7.59. The summed E-state index contributed by atoms with van der Waals surface area (Å²) in [6, 6.07) is 5.31. The van der Waals surface area contributed by atoms with Crippen molar-refractivity contribution in [2.24, 2.45) is 0 Å². The van der Waals surface area contributed by atoms with Crippen LogP contribution >= 0.6 is 11.6 Å². The molecular formula is C15H22ClN3O2. The predicted molar refractivity (Wildman–Crippen MR) is 84.0 cm³/mol. The van der Waals surface area contributed by atoms with Crippen molar-refractivity contribution in [2.45, 2.75) is 6.42 Å². The summed E-state index contributed by atoms with van der Waals surface area (Å²) in [4.78, 5) is 14.3. The summed E-state index contributed by atoms with van der Waals surface area (Å²) in [6.07, 6.45) is 0.283. The maximum Gasteiger partial charge on any atom is 0.224 e. The van der Waals surface area contributed by atoms with E-state index in [0.717, 1.165) is 38.3 Å². The Kier molecular flexibility index (Phi) is 6.29. The second kappa shape index (κ2) is 8.22. The highest BCUT2D eigenvalue weighted by molar-refractivity contribution is 6.30. The molecule has 1 aromatic carbocycles. The molecule has 1 aromatic rings. The molecule has 0 bridgehead atoms. The second-order valence-electron chi connectivity index (χ2n) is 5.07. The molecule has 1 aliphatic rings. The average Bonchev–Trinajstić information content (AvgIpc) is 2.48. The monoisotopic (exact) mass is 311 g/mol. The average molecular weight is 312 g/mol. The van der Waals surface area contributed by atoms with Crippen molar-refractivity contribution >= 4 is 17.5 Å². The van der Waals surface area contributed by atoms with Crippen molar-refractivity contribution in [3.63, 3.8) is 0 Å². The fourth-order valence-electron chi connectivity index (χ4n) is 2.41. The molecule has 1 aliphatic heterocycles. The third kappa shape index (κ3) is 5.19. The van der Waals surface area contributed by atoms with Gasteiger partial charge in [-0.25, -0.2) is 0 Å². The molecule has 2 N–H and O–H groups in total. The Morgan fingerprint density at radius 2 is 2.19 bits per heavy atom.